The second kappa shape index (κ2) is 4.13. The molecule has 0 aromatic rings. The third-order valence-corrected chi connectivity index (χ3v) is 2.91. The van der Waals surface area contributed by atoms with E-state index >= 15 is 0 Å². The average Bonchev–Trinajstić information content (AvgIpc) is 2.48. The number of carboxylic acid groups (broad SMARTS) is 1. The Morgan fingerprint density at radius 1 is 1.86 bits per heavy atom. The van der Waals surface area contributed by atoms with Crippen molar-refractivity contribution in [3.8, 4) is 0 Å². The van der Waals surface area contributed by atoms with Crippen LogP contribution in [0, 0.1) is 5.92 Å². The molecule has 3 heteroatoms. The number of carboxylic acids is 1. The predicted molar refractivity (Wildman–Crippen MR) is 54.1 cm³/mol. The van der Waals surface area contributed by atoms with Crippen LogP contribution in [0.1, 0.15) is 33.1 Å². The Morgan fingerprint density at radius 2 is 2.50 bits per heavy atom. The molecule has 1 aliphatic heterocycles. The largest absolute Gasteiger partial charge is 0.481 e. The van der Waals surface area contributed by atoms with Crippen molar-refractivity contribution in [3.05, 3.63) is 12.7 Å². The summed E-state index contributed by atoms with van der Waals surface area (Å²) < 4.78 is 5.78. The average molecular weight is 198 g/mol. The van der Waals surface area contributed by atoms with Gasteiger partial charge in [-0.25, -0.2) is 0 Å². The van der Waals surface area contributed by atoms with Crippen LogP contribution >= 0.6 is 0 Å². The Kier molecular flexibility index (Phi) is 3.32. The van der Waals surface area contributed by atoms with Crippen molar-refractivity contribution in [3.63, 3.8) is 0 Å². The van der Waals surface area contributed by atoms with E-state index in [0.717, 1.165) is 12.8 Å². The molecule has 3 atom stereocenters. The number of hydrogen-bond acceptors (Lipinski definition) is 2. The maximum Gasteiger partial charge on any atom is 0.303 e. The molecule has 1 heterocycles. The number of rotatable bonds is 4. The normalized spacial score (nSPS) is 34.0. The molecule has 3 nitrogen and oxygen atoms in total. The van der Waals surface area contributed by atoms with Gasteiger partial charge in [0.1, 0.15) is 0 Å². The topological polar surface area (TPSA) is 46.5 Å². The van der Waals surface area contributed by atoms with E-state index in [1.165, 1.54) is 0 Å². The highest BCUT2D eigenvalue weighted by Gasteiger charge is 2.36. The monoisotopic (exact) mass is 198 g/mol. The van der Waals surface area contributed by atoms with Gasteiger partial charge in [0, 0.05) is 0 Å². The quantitative estimate of drug-likeness (QED) is 0.704. The fourth-order valence-electron chi connectivity index (χ4n) is 1.85. The molecule has 0 aromatic carbocycles. The summed E-state index contributed by atoms with van der Waals surface area (Å²) in [6, 6.07) is 0. The maximum atomic E-state index is 10.5. The summed E-state index contributed by atoms with van der Waals surface area (Å²) in [6.45, 7) is 7.65. The van der Waals surface area contributed by atoms with Crippen molar-refractivity contribution in [2.45, 2.75) is 44.8 Å². The number of carbonyl (C=O) groups is 1. The molecule has 1 aliphatic rings. The van der Waals surface area contributed by atoms with E-state index in [-0.39, 0.29) is 24.0 Å². The van der Waals surface area contributed by atoms with E-state index < -0.39 is 5.97 Å². The molecule has 0 bridgehead atoms. The predicted octanol–water partition coefficient (Wildman–Crippen LogP) is 2.22. The first kappa shape index (κ1) is 11.2. The summed E-state index contributed by atoms with van der Waals surface area (Å²) in [6.07, 6.45) is 3.91. The first-order valence-electron chi connectivity index (χ1n) is 5.00. The SMILES string of the molecule is C=C[C@@]1(C)CC[C@@H]([C@H](C)CC(=O)O)O1. The van der Waals surface area contributed by atoms with Crippen molar-refractivity contribution in [1.82, 2.24) is 0 Å². The lowest BCUT2D eigenvalue weighted by atomic mass is 9.97. The summed E-state index contributed by atoms with van der Waals surface area (Å²) in [4.78, 5) is 10.5. The minimum Gasteiger partial charge on any atom is -0.481 e. The van der Waals surface area contributed by atoms with Crippen molar-refractivity contribution >= 4 is 5.97 Å². The summed E-state index contributed by atoms with van der Waals surface area (Å²) in [7, 11) is 0. The molecule has 0 radical (unpaired) electrons. The van der Waals surface area contributed by atoms with E-state index in [1.807, 2.05) is 13.8 Å². The lowest BCUT2D eigenvalue weighted by molar-refractivity contribution is -0.139. The van der Waals surface area contributed by atoms with Gasteiger partial charge in [0.2, 0.25) is 0 Å². The highest BCUT2D eigenvalue weighted by atomic mass is 16.5. The number of aliphatic carboxylic acids is 1. The third-order valence-electron chi connectivity index (χ3n) is 2.91. The number of ether oxygens (including phenoxy) is 1. The van der Waals surface area contributed by atoms with Crippen LogP contribution in [0.2, 0.25) is 0 Å². The van der Waals surface area contributed by atoms with Crippen molar-refractivity contribution in [1.29, 1.82) is 0 Å². The highest BCUT2D eigenvalue weighted by molar-refractivity contribution is 5.67. The molecule has 1 fully saturated rings. The zero-order chi connectivity index (χ0) is 10.8. The van der Waals surface area contributed by atoms with Crippen LogP contribution in [-0.2, 0) is 9.53 Å². The second-order valence-electron chi connectivity index (χ2n) is 4.29. The van der Waals surface area contributed by atoms with Gasteiger partial charge >= 0.3 is 5.97 Å². The van der Waals surface area contributed by atoms with Gasteiger partial charge in [-0.2, -0.15) is 0 Å². The first-order valence-corrected chi connectivity index (χ1v) is 5.00. The molecule has 1 rings (SSSR count). The van der Waals surface area contributed by atoms with Crippen LogP contribution in [0.3, 0.4) is 0 Å². The molecule has 1 saturated heterocycles. The molecule has 1 N–H and O–H groups in total. The highest BCUT2D eigenvalue weighted by Crippen LogP contribution is 2.35. The lowest BCUT2D eigenvalue weighted by Gasteiger charge is -2.23. The standard InChI is InChI=1S/C11H18O3/c1-4-11(3)6-5-9(14-11)8(2)7-10(12)13/h4,8-9H,1,5-7H2,2-3H3,(H,12,13)/t8-,9+,11+/m1/s1. The lowest BCUT2D eigenvalue weighted by Crippen LogP contribution is -2.26. The van der Waals surface area contributed by atoms with Gasteiger partial charge in [-0.15, -0.1) is 6.58 Å². The zero-order valence-corrected chi connectivity index (χ0v) is 8.82. The zero-order valence-electron chi connectivity index (χ0n) is 8.82. The molecular weight excluding hydrogens is 180 g/mol. The second-order valence-corrected chi connectivity index (χ2v) is 4.29. The van der Waals surface area contributed by atoms with Gasteiger partial charge in [-0.05, 0) is 25.7 Å². The van der Waals surface area contributed by atoms with Crippen molar-refractivity contribution in [2.24, 2.45) is 5.92 Å². The summed E-state index contributed by atoms with van der Waals surface area (Å²) >= 11 is 0. The fourth-order valence-corrected chi connectivity index (χ4v) is 1.85. The van der Waals surface area contributed by atoms with E-state index in [2.05, 4.69) is 6.58 Å². The molecule has 0 aromatic heterocycles. The first-order chi connectivity index (χ1) is 6.47. The Hall–Kier alpha value is -0.830. The van der Waals surface area contributed by atoms with E-state index in [0.29, 0.717) is 0 Å². The molecule has 0 unspecified atom stereocenters. The van der Waals surface area contributed by atoms with Crippen LogP contribution in [0.25, 0.3) is 0 Å². The van der Waals surface area contributed by atoms with Crippen LogP contribution < -0.4 is 0 Å². The molecule has 0 aliphatic carbocycles. The van der Waals surface area contributed by atoms with Gasteiger partial charge in [0.05, 0.1) is 18.1 Å². The van der Waals surface area contributed by atoms with Gasteiger partial charge in [-0.3, -0.25) is 4.79 Å². The smallest absolute Gasteiger partial charge is 0.303 e. The Morgan fingerprint density at radius 3 is 2.93 bits per heavy atom. The van der Waals surface area contributed by atoms with Gasteiger partial charge in [0.25, 0.3) is 0 Å². The Labute approximate surface area is 84.8 Å². The van der Waals surface area contributed by atoms with Crippen LogP contribution in [0.15, 0.2) is 12.7 Å². The maximum absolute atomic E-state index is 10.5. The summed E-state index contributed by atoms with van der Waals surface area (Å²) in [5, 5.41) is 8.66. The van der Waals surface area contributed by atoms with Crippen LogP contribution in [-0.4, -0.2) is 22.8 Å². The molecule has 0 spiro atoms. The minimum absolute atomic E-state index is 0.0640. The van der Waals surface area contributed by atoms with Crippen LogP contribution in [0.4, 0.5) is 0 Å². The minimum atomic E-state index is -0.756. The number of hydrogen-bond donors (Lipinski definition) is 1. The van der Waals surface area contributed by atoms with Gasteiger partial charge in [-0.1, -0.05) is 13.0 Å². The fraction of sp³-hybridized carbons (Fsp3) is 0.727. The van der Waals surface area contributed by atoms with E-state index in [9.17, 15) is 4.79 Å². The molecule has 80 valence electrons. The molecule has 0 amide bonds. The Balaban J connectivity index is 2.49. The van der Waals surface area contributed by atoms with Gasteiger partial charge < -0.3 is 9.84 Å². The molecule has 0 saturated carbocycles. The molecular formula is C11H18O3. The van der Waals surface area contributed by atoms with Gasteiger partial charge in [0.15, 0.2) is 0 Å². The van der Waals surface area contributed by atoms with Crippen LogP contribution in [0.5, 0.6) is 0 Å². The van der Waals surface area contributed by atoms with E-state index in [4.69, 9.17) is 9.84 Å². The third kappa shape index (κ3) is 2.58. The Bertz CT molecular complexity index is 237. The summed E-state index contributed by atoms with van der Waals surface area (Å²) in [5.41, 5.74) is -0.253. The van der Waals surface area contributed by atoms with E-state index in [1.54, 1.807) is 6.08 Å². The molecule has 14 heavy (non-hydrogen) atoms. The van der Waals surface area contributed by atoms with Crippen molar-refractivity contribution < 1.29 is 14.6 Å². The summed E-state index contributed by atoms with van der Waals surface area (Å²) in [5.74, 6) is -0.678. The van der Waals surface area contributed by atoms with Crippen molar-refractivity contribution in [2.75, 3.05) is 0 Å².